The van der Waals surface area contributed by atoms with Gasteiger partial charge in [-0.2, -0.15) is 0 Å². The quantitative estimate of drug-likeness (QED) is 0.106. The first-order valence-corrected chi connectivity index (χ1v) is 17.4. The average Bonchev–Trinajstić information content (AvgIpc) is 2.98. The highest BCUT2D eigenvalue weighted by Crippen LogP contribution is 2.42. The molecule has 0 aliphatic rings. The largest absolute Gasteiger partial charge is 0.0654 e. The Morgan fingerprint density at radius 2 is 0.590 bits per heavy atom. The van der Waals surface area contributed by atoms with E-state index >= 15 is 0 Å². The number of hydrogen-bond donors (Lipinski definition) is 0. The van der Waals surface area contributed by atoms with Crippen LogP contribution in [0.5, 0.6) is 0 Å². The summed E-state index contributed by atoms with van der Waals surface area (Å²) in [5.74, 6) is 0. The van der Waals surface area contributed by atoms with Gasteiger partial charge in [-0.25, -0.2) is 0 Å². The third-order valence-electron chi connectivity index (χ3n) is 9.07. The Morgan fingerprint density at radius 3 is 0.872 bits per heavy atom. The predicted molar refractivity (Wildman–Crippen MR) is 176 cm³/mol. The first-order chi connectivity index (χ1) is 19.3. The lowest BCUT2D eigenvalue weighted by atomic mass is 9.68. The Labute approximate surface area is 244 Å². The van der Waals surface area contributed by atoms with Gasteiger partial charge in [-0.15, -0.1) is 0 Å². The molecule has 0 bridgehead atoms. The van der Waals surface area contributed by atoms with Gasteiger partial charge in [0.25, 0.3) is 0 Å². The van der Waals surface area contributed by atoms with Crippen LogP contribution in [0.4, 0.5) is 0 Å². The number of unbranched alkanes of at least 4 members (excludes halogenated alkanes) is 20. The van der Waals surface area contributed by atoms with Gasteiger partial charge in [-0.1, -0.05) is 216 Å². The summed E-state index contributed by atoms with van der Waals surface area (Å²) in [6.45, 7) is 4.62. The van der Waals surface area contributed by atoms with Gasteiger partial charge in [0.1, 0.15) is 0 Å². The summed E-state index contributed by atoms with van der Waals surface area (Å²) in [6, 6.07) is 23.0. The van der Waals surface area contributed by atoms with Gasteiger partial charge >= 0.3 is 0 Å². The summed E-state index contributed by atoms with van der Waals surface area (Å²) in [5.41, 5.74) is 3.24. The Bertz CT molecular complexity index is 694. The van der Waals surface area contributed by atoms with Gasteiger partial charge in [0, 0.05) is 5.41 Å². The molecule has 0 aromatic heterocycles. The van der Waals surface area contributed by atoms with Gasteiger partial charge in [0.15, 0.2) is 0 Å². The van der Waals surface area contributed by atoms with E-state index in [1.54, 1.807) is 0 Å². The zero-order chi connectivity index (χ0) is 27.7. The molecule has 0 amide bonds. The van der Waals surface area contributed by atoms with Gasteiger partial charge in [-0.05, 0) is 24.0 Å². The highest BCUT2D eigenvalue weighted by Gasteiger charge is 2.33. The Morgan fingerprint density at radius 1 is 0.333 bits per heavy atom. The number of benzene rings is 2. The molecule has 0 aliphatic heterocycles. The van der Waals surface area contributed by atoms with Crippen molar-refractivity contribution in [1.29, 1.82) is 0 Å². The Balaban J connectivity index is 1.83. The minimum Gasteiger partial charge on any atom is -0.0654 e. The summed E-state index contributed by atoms with van der Waals surface area (Å²) in [4.78, 5) is 0. The third-order valence-corrected chi connectivity index (χ3v) is 9.07. The Kier molecular flexibility index (Phi) is 20.0. The van der Waals surface area contributed by atoms with Crippen LogP contribution in [0.3, 0.4) is 0 Å². The molecule has 39 heavy (non-hydrogen) atoms. The molecule has 0 unspecified atom stereocenters. The molecule has 0 saturated heterocycles. The molecule has 0 heteroatoms. The Hall–Kier alpha value is -1.56. The first kappa shape index (κ1) is 33.6. The fourth-order valence-electron chi connectivity index (χ4n) is 6.57. The second-order valence-corrected chi connectivity index (χ2v) is 12.4. The van der Waals surface area contributed by atoms with Gasteiger partial charge in [0.05, 0.1) is 0 Å². The molecule has 0 atom stereocenters. The second-order valence-electron chi connectivity index (χ2n) is 12.4. The topological polar surface area (TPSA) is 0 Å². The van der Waals surface area contributed by atoms with Crippen LogP contribution in [0.1, 0.15) is 179 Å². The lowest BCUT2D eigenvalue weighted by Gasteiger charge is -2.36. The van der Waals surface area contributed by atoms with Crippen molar-refractivity contribution in [2.24, 2.45) is 0 Å². The van der Waals surface area contributed by atoms with E-state index in [1.165, 1.54) is 165 Å². The molecule has 0 aliphatic carbocycles. The van der Waals surface area contributed by atoms with E-state index in [9.17, 15) is 0 Å². The van der Waals surface area contributed by atoms with Crippen molar-refractivity contribution in [3.05, 3.63) is 71.8 Å². The van der Waals surface area contributed by atoms with E-state index in [-0.39, 0.29) is 5.41 Å². The van der Waals surface area contributed by atoms with Crippen molar-refractivity contribution < 1.29 is 0 Å². The molecule has 0 nitrogen and oxygen atoms in total. The maximum absolute atomic E-state index is 2.41. The van der Waals surface area contributed by atoms with Crippen molar-refractivity contribution in [3.8, 4) is 0 Å². The van der Waals surface area contributed by atoms with Crippen LogP contribution in [0.25, 0.3) is 0 Å². The van der Waals surface area contributed by atoms with E-state index in [4.69, 9.17) is 0 Å². The summed E-state index contributed by atoms with van der Waals surface area (Å²) >= 11 is 0. The highest BCUT2D eigenvalue weighted by atomic mass is 14.4. The highest BCUT2D eigenvalue weighted by molar-refractivity contribution is 5.39. The van der Waals surface area contributed by atoms with E-state index in [0.717, 1.165) is 0 Å². The van der Waals surface area contributed by atoms with Crippen LogP contribution in [0.2, 0.25) is 0 Å². The molecule has 2 aromatic carbocycles. The molecule has 0 N–H and O–H groups in total. The minimum absolute atomic E-state index is 0.168. The molecule has 2 aromatic rings. The molecule has 0 radical (unpaired) electrons. The normalized spacial score (nSPS) is 11.7. The van der Waals surface area contributed by atoms with Crippen molar-refractivity contribution in [3.63, 3.8) is 0 Å². The number of hydrogen-bond acceptors (Lipinski definition) is 0. The third kappa shape index (κ3) is 14.6. The smallest absolute Gasteiger partial charge is 0.0202 e. The van der Waals surface area contributed by atoms with Crippen LogP contribution in [-0.4, -0.2) is 0 Å². The predicted octanol–water partition coefficient (Wildman–Crippen LogP) is 13.4. The summed E-state index contributed by atoms with van der Waals surface area (Å²) in [5, 5.41) is 0. The van der Waals surface area contributed by atoms with Crippen molar-refractivity contribution in [2.75, 3.05) is 0 Å². The maximum atomic E-state index is 2.41. The average molecular weight is 533 g/mol. The van der Waals surface area contributed by atoms with E-state index in [1.807, 2.05) is 0 Å². The van der Waals surface area contributed by atoms with E-state index < -0.39 is 0 Å². The van der Waals surface area contributed by atoms with Crippen LogP contribution in [-0.2, 0) is 5.41 Å². The lowest BCUT2D eigenvalue weighted by molar-refractivity contribution is 0.389. The molecule has 0 spiro atoms. The molecule has 220 valence electrons. The standard InChI is InChI=1S/C39H64/c1-3-5-7-9-11-13-15-17-19-21-29-35-39(37-31-25-23-26-32-37,38-33-27-24-28-34-38)36-30-22-20-18-16-14-12-10-8-6-4-2/h23-28,31-34H,3-22,29-30,35-36H2,1-2H3. The van der Waals surface area contributed by atoms with Crippen LogP contribution >= 0.6 is 0 Å². The van der Waals surface area contributed by atoms with Crippen molar-refractivity contribution in [1.82, 2.24) is 0 Å². The summed E-state index contributed by atoms with van der Waals surface area (Å²) in [6.07, 6.45) is 33.7. The second kappa shape index (κ2) is 23.2. The van der Waals surface area contributed by atoms with Gasteiger partial charge in [-0.3, -0.25) is 0 Å². The van der Waals surface area contributed by atoms with E-state index in [2.05, 4.69) is 74.5 Å². The summed E-state index contributed by atoms with van der Waals surface area (Å²) < 4.78 is 0. The van der Waals surface area contributed by atoms with Gasteiger partial charge < -0.3 is 0 Å². The van der Waals surface area contributed by atoms with Crippen LogP contribution in [0.15, 0.2) is 60.7 Å². The fraction of sp³-hybridized carbons (Fsp3) is 0.692. The maximum Gasteiger partial charge on any atom is 0.0202 e. The first-order valence-electron chi connectivity index (χ1n) is 17.4. The van der Waals surface area contributed by atoms with Gasteiger partial charge in [0.2, 0.25) is 0 Å². The SMILES string of the molecule is CCCCCCCCCCCCCC(CCCCCCCCCCCCC)(c1ccccc1)c1ccccc1. The zero-order valence-corrected chi connectivity index (χ0v) is 26.2. The van der Waals surface area contributed by atoms with Crippen molar-refractivity contribution >= 4 is 0 Å². The minimum atomic E-state index is 0.168. The van der Waals surface area contributed by atoms with Crippen LogP contribution in [0, 0.1) is 0 Å². The molecule has 0 saturated carbocycles. The molecule has 0 fully saturated rings. The molecule has 2 rings (SSSR count). The monoisotopic (exact) mass is 533 g/mol. The molecular formula is C39H64. The molecule has 0 heterocycles. The number of rotatable bonds is 26. The fourth-order valence-corrected chi connectivity index (χ4v) is 6.57. The zero-order valence-electron chi connectivity index (χ0n) is 26.2. The van der Waals surface area contributed by atoms with Crippen molar-refractivity contribution in [2.45, 2.75) is 173 Å². The van der Waals surface area contributed by atoms with Crippen LogP contribution < -0.4 is 0 Å². The lowest BCUT2D eigenvalue weighted by Crippen LogP contribution is -2.28. The summed E-state index contributed by atoms with van der Waals surface area (Å²) in [7, 11) is 0. The molecular weight excluding hydrogens is 468 g/mol. The van der Waals surface area contributed by atoms with E-state index in [0.29, 0.717) is 0 Å².